The largest absolute Gasteiger partial charge is 0.496 e. The highest BCUT2D eigenvalue weighted by molar-refractivity contribution is 9.10. The van der Waals surface area contributed by atoms with Crippen LogP contribution in [-0.2, 0) is 0 Å². The van der Waals surface area contributed by atoms with Crippen molar-refractivity contribution in [2.45, 2.75) is 0 Å². The monoisotopic (exact) mass is 345 g/mol. The number of hydrogen-bond donors (Lipinski definition) is 1. The Morgan fingerprint density at radius 3 is 2.81 bits per heavy atom. The van der Waals surface area contributed by atoms with Crippen LogP contribution in [0.2, 0.25) is 0 Å². The third kappa shape index (κ3) is 2.75. The first kappa shape index (κ1) is 13.6. The molecule has 0 saturated carbocycles. The minimum absolute atomic E-state index is 0.400. The summed E-state index contributed by atoms with van der Waals surface area (Å²) >= 11 is 3.40. The Hall–Kier alpha value is -2.34. The first-order valence-corrected chi connectivity index (χ1v) is 7.00. The smallest absolute Gasteiger partial charge is 0.262 e. The average molecular weight is 346 g/mol. The molecule has 0 radical (unpaired) electrons. The molecule has 3 rings (SSSR count). The molecule has 21 heavy (non-hydrogen) atoms. The second kappa shape index (κ2) is 5.57. The van der Waals surface area contributed by atoms with Gasteiger partial charge in [-0.15, -0.1) is 0 Å². The molecule has 0 atom stereocenters. The molecule has 0 aliphatic rings. The molecule has 2 N–H and O–H groups in total. The number of nitrogens with two attached hydrogens (primary N) is 1. The molecule has 1 aromatic heterocycles. The molecular formula is C15H12BrN3O2. The zero-order valence-corrected chi connectivity index (χ0v) is 12.8. The van der Waals surface area contributed by atoms with Gasteiger partial charge in [-0.2, -0.15) is 4.98 Å². The number of methoxy groups -OCH3 is 1. The third-order valence-corrected chi connectivity index (χ3v) is 3.46. The van der Waals surface area contributed by atoms with E-state index in [4.69, 9.17) is 15.0 Å². The summed E-state index contributed by atoms with van der Waals surface area (Å²) in [5.41, 5.74) is 7.96. The molecule has 0 unspecified atom stereocenters. The van der Waals surface area contributed by atoms with E-state index in [2.05, 4.69) is 26.1 Å². The summed E-state index contributed by atoms with van der Waals surface area (Å²) in [6, 6.07) is 12.9. The normalized spacial score (nSPS) is 10.6. The van der Waals surface area contributed by atoms with Crippen LogP contribution in [0.5, 0.6) is 5.75 Å². The highest BCUT2D eigenvalue weighted by Crippen LogP contribution is 2.32. The standard InChI is InChI=1S/C15H12BrN3O2/c1-20-13-8-10(16)5-6-12(13)15-18-14(19-21-15)9-3-2-4-11(17)7-9/h2-8H,17H2,1H3. The molecule has 6 heteroatoms. The van der Waals surface area contributed by atoms with E-state index in [1.54, 1.807) is 13.2 Å². The number of nitrogen functional groups attached to an aromatic ring is 1. The fraction of sp³-hybridized carbons (Fsp3) is 0.0667. The lowest BCUT2D eigenvalue weighted by molar-refractivity contribution is 0.405. The molecule has 1 heterocycles. The molecule has 3 aromatic rings. The summed E-state index contributed by atoms with van der Waals surface area (Å²) in [6.45, 7) is 0. The van der Waals surface area contributed by atoms with Gasteiger partial charge >= 0.3 is 0 Å². The minimum Gasteiger partial charge on any atom is -0.496 e. The third-order valence-electron chi connectivity index (χ3n) is 2.96. The van der Waals surface area contributed by atoms with Crippen molar-refractivity contribution in [3.05, 3.63) is 46.9 Å². The van der Waals surface area contributed by atoms with Gasteiger partial charge in [0.2, 0.25) is 5.82 Å². The van der Waals surface area contributed by atoms with Crippen LogP contribution in [0.25, 0.3) is 22.8 Å². The van der Waals surface area contributed by atoms with Crippen LogP contribution in [0.3, 0.4) is 0 Å². The first-order valence-electron chi connectivity index (χ1n) is 6.21. The number of benzene rings is 2. The first-order chi connectivity index (χ1) is 10.2. The second-order valence-corrected chi connectivity index (χ2v) is 5.31. The van der Waals surface area contributed by atoms with Crippen molar-refractivity contribution in [3.63, 3.8) is 0 Å². The van der Waals surface area contributed by atoms with E-state index in [1.807, 2.05) is 36.4 Å². The maximum absolute atomic E-state index is 5.76. The average Bonchev–Trinajstić information content (AvgIpc) is 2.96. The Morgan fingerprint density at radius 2 is 2.05 bits per heavy atom. The Kier molecular flexibility index (Phi) is 3.62. The lowest BCUT2D eigenvalue weighted by Gasteiger charge is -2.04. The number of rotatable bonds is 3. The van der Waals surface area contributed by atoms with Gasteiger partial charge < -0.3 is 15.0 Å². The fourth-order valence-corrected chi connectivity index (χ4v) is 2.31. The molecule has 0 spiro atoms. The van der Waals surface area contributed by atoms with E-state index in [1.165, 1.54) is 0 Å². The van der Waals surface area contributed by atoms with Gasteiger partial charge in [0.1, 0.15) is 5.75 Å². The molecule has 0 aliphatic carbocycles. The summed E-state index contributed by atoms with van der Waals surface area (Å²) in [4.78, 5) is 4.40. The van der Waals surface area contributed by atoms with E-state index >= 15 is 0 Å². The lowest BCUT2D eigenvalue weighted by Crippen LogP contribution is -1.89. The van der Waals surface area contributed by atoms with Crippen LogP contribution in [0.15, 0.2) is 51.5 Å². The minimum atomic E-state index is 0.400. The topological polar surface area (TPSA) is 74.2 Å². The van der Waals surface area contributed by atoms with Crippen molar-refractivity contribution in [2.24, 2.45) is 0 Å². The van der Waals surface area contributed by atoms with Crippen molar-refractivity contribution in [1.82, 2.24) is 10.1 Å². The van der Waals surface area contributed by atoms with Crippen LogP contribution >= 0.6 is 15.9 Å². The number of hydrogen-bond acceptors (Lipinski definition) is 5. The van der Waals surface area contributed by atoms with E-state index < -0.39 is 0 Å². The molecular weight excluding hydrogens is 334 g/mol. The number of nitrogens with zero attached hydrogens (tertiary/aromatic N) is 2. The van der Waals surface area contributed by atoms with Gasteiger partial charge in [0.05, 0.1) is 12.7 Å². The predicted molar refractivity (Wildman–Crippen MR) is 83.8 cm³/mol. The van der Waals surface area contributed by atoms with Crippen LogP contribution in [0, 0.1) is 0 Å². The molecule has 0 saturated heterocycles. The van der Waals surface area contributed by atoms with Crippen molar-refractivity contribution >= 4 is 21.6 Å². The maximum Gasteiger partial charge on any atom is 0.262 e. The molecule has 2 aromatic carbocycles. The number of halogens is 1. The lowest BCUT2D eigenvalue weighted by atomic mass is 10.2. The van der Waals surface area contributed by atoms with Gasteiger partial charge in [0.15, 0.2) is 0 Å². The van der Waals surface area contributed by atoms with Gasteiger partial charge in [0, 0.05) is 15.7 Å². The van der Waals surface area contributed by atoms with Crippen LogP contribution in [-0.4, -0.2) is 17.3 Å². The Balaban J connectivity index is 2.02. The van der Waals surface area contributed by atoms with Crippen LogP contribution < -0.4 is 10.5 Å². The Labute approximate surface area is 129 Å². The van der Waals surface area contributed by atoms with Crippen molar-refractivity contribution in [1.29, 1.82) is 0 Å². The number of ether oxygens (including phenoxy) is 1. The zero-order chi connectivity index (χ0) is 14.8. The molecule has 0 bridgehead atoms. The number of anilines is 1. The van der Waals surface area contributed by atoms with Crippen LogP contribution in [0.4, 0.5) is 5.69 Å². The molecule has 0 aliphatic heterocycles. The van der Waals surface area contributed by atoms with Gasteiger partial charge in [-0.1, -0.05) is 33.2 Å². The highest BCUT2D eigenvalue weighted by atomic mass is 79.9. The summed E-state index contributed by atoms with van der Waals surface area (Å²) in [5, 5.41) is 3.99. The highest BCUT2D eigenvalue weighted by Gasteiger charge is 2.15. The summed E-state index contributed by atoms with van der Waals surface area (Å²) in [7, 11) is 1.60. The Morgan fingerprint density at radius 1 is 1.19 bits per heavy atom. The molecule has 5 nitrogen and oxygen atoms in total. The summed E-state index contributed by atoms with van der Waals surface area (Å²) < 4.78 is 11.6. The van der Waals surface area contributed by atoms with Gasteiger partial charge in [-0.3, -0.25) is 0 Å². The maximum atomic E-state index is 5.76. The Bertz CT molecular complexity index is 786. The SMILES string of the molecule is COc1cc(Br)ccc1-c1nc(-c2cccc(N)c2)no1. The number of aromatic nitrogens is 2. The van der Waals surface area contributed by atoms with Crippen molar-refractivity contribution in [2.75, 3.05) is 12.8 Å². The zero-order valence-electron chi connectivity index (χ0n) is 11.2. The van der Waals surface area contributed by atoms with Crippen molar-refractivity contribution in [3.8, 4) is 28.6 Å². The van der Waals surface area contributed by atoms with Gasteiger partial charge in [-0.05, 0) is 30.3 Å². The second-order valence-electron chi connectivity index (χ2n) is 4.39. The van der Waals surface area contributed by atoms with Crippen LogP contribution in [0.1, 0.15) is 0 Å². The van der Waals surface area contributed by atoms with E-state index in [-0.39, 0.29) is 0 Å². The van der Waals surface area contributed by atoms with E-state index in [0.717, 1.165) is 15.6 Å². The quantitative estimate of drug-likeness (QED) is 0.731. The van der Waals surface area contributed by atoms with E-state index in [0.29, 0.717) is 23.2 Å². The molecule has 0 fully saturated rings. The molecule has 0 amide bonds. The molecule has 106 valence electrons. The summed E-state index contributed by atoms with van der Waals surface area (Å²) in [5.74, 6) is 1.55. The van der Waals surface area contributed by atoms with Gasteiger partial charge in [-0.25, -0.2) is 0 Å². The fourth-order valence-electron chi connectivity index (χ4n) is 1.97. The van der Waals surface area contributed by atoms with Gasteiger partial charge in [0.25, 0.3) is 5.89 Å². The predicted octanol–water partition coefficient (Wildman–Crippen LogP) is 3.76. The summed E-state index contributed by atoms with van der Waals surface area (Å²) in [6.07, 6.45) is 0. The van der Waals surface area contributed by atoms with Crippen molar-refractivity contribution < 1.29 is 9.26 Å². The van der Waals surface area contributed by atoms with E-state index in [9.17, 15) is 0 Å².